The maximum Gasteiger partial charge on any atom is 0.336 e. The highest BCUT2D eigenvalue weighted by molar-refractivity contribution is 6.39. The Morgan fingerprint density at radius 2 is 1.68 bits per heavy atom. The summed E-state index contributed by atoms with van der Waals surface area (Å²) in [6.07, 6.45) is 3.30. The van der Waals surface area contributed by atoms with E-state index in [1.807, 2.05) is 60.1 Å². The van der Waals surface area contributed by atoms with Crippen molar-refractivity contribution in [3.63, 3.8) is 0 Å². The van der Waals surface area contributed by atoms with Crippen LogP contribution in [-0.4, -0.2) is 50.7 Å². The van der Waals surface area contributed by atoms with Crippen LogP contribution >= 0.6 is 0 Å². The molecule has 4 amide bonds. The monoisotopic (exact) mass is 460 g/mol. The lowest BCUT2D eigenvalue weighted by atomic mass is 10.1. The standard InChI is InChI=1S/C25H24N4O5/c1-27(2)16-7-9-17(10-8-16)28-13-5-6-18(28)14-20-23(30)26-25(32)29(24(20)31)21-12-11-19(33-3)15-22(21)34-4/h5-15H,1-4H3,(H,26,30,32)/b20-14+. The summed E-state index contributed by atoms with van der Waals surface area (Å²) in [7, 11) is 6.83. The van der Waals surface area contributed by atoms with Crippen molar-refractivity contribution in [3.8, 4) is 17.2 Å². The zero-order valence-corrected chi connectivity index (χ0v) is 19.2. The molecular formula is C25H24N4O5. The van der Waals surface area contributed by atoms with Crippen molar-refractivity contribution in [1.82, 2.24) is 9.88 Å². The van der Waals surface area contributed by atoms with E-state index < -0.39 is 17.8 Å². The van der Waals surface area contributed by atoms with E-state index in [-0.39, 0.29) is 17.0 Å². The number of nitrogens with one attached hydrogen (secondary N) is 1. The second-order valence-corrected chi connectivity index (χ2v) is 7.71. The first-order valence-electron chi connectivity index (χ1n) is 10.4. The summed E-state index contributed by atoms with van der Waals surface area (Å²) in [5, 5.41) is 2.24. The van der Waals surface area contributed by atoms with Crippen molar-refractivity contribution >= 4 is 35.3 Å². The number of urea groups is 1. The minimum atomic E-state index is -0.856. The highest BCUT2D eigenvalue weighted by atomic mass is 16.5. The highest BCUT2D eigenvalue weighted by Gasteiger charge is 2.38. The first-order valence-corrected chi connectivity index (χ1v) is 10.4. The average Bonchev–Trinajstić information content (AvgIpc) is 3.30. The maximum atomic E-state index is 13.3. The van der Waals surface area contributed by atoms with E-state index >= 15 is 0 Å². The number of imide groups is 2. The average molecular weight is 460 g/mol. The molecular weight excluding hydrogens is 436 g/mol. The lowest BCUT2D eigenvalue weighted by molar-refractivity contribution is -0.122. The molecule has 1 aliphatic rings. The molecule has 1 saturated heterocycles. The number of hydrogen-bond donors (Lipinski definition) is 1. The van der Waals surface area contributed by atoms with Crippen LogP contribution in [0.3, 0.4) is 0 Å². The van der Waals surface area contributed by atoms with E-state index in [2.05, 4.69) is 5.32 Å². The Morgan fingerprint density at radius 1 is 0.941 bits per heavy atom. The van der Waals surface area contributed by atoms with Crippen molar-refractivity contribution in [2.24, 2.45) is 0 Å². The zero-order chi connectivity index (χ0) is 24.4. The number of benzene rings is 2. The van der Waals surface area contributed by atoms with Gasteiger partial charge in [-0.05, 0) is 54.6 Å². The quantitative estimate of drug-likeness (QED) is 0.449. The number of carbonyl (C=O) groups excluding carboxylic acids is 3. The summed E-state index contributed by atoms with van der Waals surface area (Å²) in [4.78, 5) is 41.4. The molecule has 0 radical (unpaired) electrons. The molecule has 1 fully saturated rings. The second-order valence-electron chi connectivity index (χ2n) is 7.71. The number of nitrogens with zero attached hydrogens (tertiary/aromatic N) is 3. The molecule has 1 N–H and O–H groups in total. The van der Waals surface area contributed by atoms with Crippen LogP contribution in [0.4, 0.5) is 16.2 Å². The van der Waals surface area contributed by atoms with E-state index in [1.54, 1.807) is 18.2 Å². The molecule has 1 aromatic heterocycles. The van der Waals surface area contributed by atoms with Gasteiger partial charge in [-0.1, -0.05) is 0 Å². The predicted molar refractivity (Wildman–Crippen MR) is 129 cm³/mol. The van der Waals surface area contributed by atoms with Gasteiger partial charge < -0.3 is 18.9 Å². The van der Waals surface area contributed by atoms with Gasteiger partial charge >= 0.3 is 6.03 Å². The fraction of sp³-hybridized carbons (Fsp3) is 0.160. The highest BCUT2D eigenvalue weighted by Crippen LogP contribution is 2.34. The summed E-state index contributed by atoms with van der Waals surface area (Å²) in [6, 6.07) is 15.2. The van der Waals surface area contributed by atoms with E-state index in [1.165, 1.54) is 26.4 Å². The summed E-state index contributed by atoms with van der Waals surface area (Å²) in [5.41, 5.74) is 2.52. The third kappa shape index (κ3) is 4.11. The molecule has 34 heavy (non-hydrogen) atoms. The molecule has 4 rings (SSSR count). The minimum Gasteiger partial charge on any atom is -0.497 e. The van der Waals surface area contributed by atoms with Gasteiger partial charge in [-0.15, -0.1) is 0 Å². The van der Waals surface area contributed by atoms with Gasteiger partial charge in [0.05, 0.1) is 19.9 Å². The van der Waals surface area contributed by atoms with Crippen molar-refractivity contribution in [2.45, 2.75) is 0 Å². The van der Waals surface area contributed by atoms with Crippen LogP contribution in [0.1, 0.15) is 5.69 Å². The number of ether oxygens (including phenoxy) is 2. The molecule has 2 aromatic carbocycles. The Balaban J connectivity index is 1.73. The van der Waals surface area contributed by atoms with Crippen LogP contribution in [0.25, 0.3) is 11.8 Å². The van der Waals surface area contributed by atoms with E-state index in [0.717, 1.165) is 16.3 Å². The SMILES string of the molecule is COc1ccc(N2C(=O)NC(=O)/C(=C\c3cccn3-c3ccc(N(C)C)cc3)C2=O)c(OC)c1. The number of amides is 4. The van der Waals surface area contributed by atoms with Crippen LogP contribution in [0.15, 0.2) is 66.4 Å². The summed E-state index contributed by atoms with van der Waals surface area (Å²) >= 11 is 0. The number of aromatic nitrogens is 1. The molecule has 0 saturated carbocycles. The van der Waals surface area contributed by atoms with E-state index in [0.29, 0.717) is 11.4 Å². The first-order chi connectivity index (χ1) is 16.3. The van der Waals surface area contributed by atoms with Gasteiger partial charge in [0.1, 0.15) is 17.1 Å². The Kier molecular flexibility index (Phi) is 6.09. The predicted octanol–water partition coefficient (Wildman–Crippen LogP) is 3.23. The Bertz CT molecular complexity index is 1290. The zero-order valence-electron chi connectivity index (χ0n) is 19.2. The Labute approximate surface area is 196 Å². The molecule has 9 heteroatoms. The summed E-state index contributed by atoms with van der Waals surface area (Å²) in [6.45, 7) is 0. The first kappa shape index (κ1) is 22.7. The molecule has 1 aliphatic heterocycles. The lowest BCUT2D eigenvalue weighted by Crippen LogP contribution is -2.54. The minimum absolute atomic E-state index is 0.178. The summed E-state index contributed by atoms with van der Waals surface area (Å²) in [5.74, 6) is -0.779. The Hall–Kier alpha value is -4.53. The third-order valence-electron chi connectivity index (χ3n) is 5.45. The molecule has 0 bridgehead atoms. The molecule has 9 nitrogen and oxygen atoms in total. The maximum absolute atomic E-state index is 13.3. The van der Waals surface area contributed by atoms with Crippen molar-refractivity contribution < 1.29 is 23.9 Å². The normalized spacial score (nSPS) is 14.9. The number of anilines is 2. The molecule has 0 atom stereocenters. The lowest BCUT2D eigenvalue weighted by Gasteiger charge is -2.27. The van der Waals surface area contributed by atoms with Crippen LogP contribution < -0.4 is 24.6 Å². The fourth-order valence-electron chi connectivity index (χ4n) is 3.65. The molecule has 2 heterocycles. The second kappa shape index (κ2) is 9.14. The largest absolute Gasteiger partial charge is 0.497 e. The topological polar surface area (TPSA) is 93.1 Å². The van der Waals surface area contributed by atoms with Gasteiger partial charge in [-0.3, -0.25) is 14.9 Å². The third-order valence-corrected chi connectivity index (χ3v) is 5.45. The van der Waals surface area contributed by atoms with Gasteiger partial charge in [-0.2, -0.15) is 0 Å². The number of rotatable bonds is 6. The number of carbonyl (C=O) groups is 3. The molecule has 0 aliphatic carbocycles. The number of hydrogen-bond acceptors (Lipinski definition) is 6. The van der Waals surface area contributed by atoms with Crippen LogP contribution in [0.2, 0.25) is 0 Å². The molecule has 0 unspecified atom stereocenters. The summed E-state index contributed by atoms with van der Waals surface area (Å²) < 4.78 is 12.4. The van der Waals surface area contributed by atoms with Gasteiger partial charge in [-0.25, -0.2) is 9.69 Å². The van der Waals surface area contributed by atoms with E-state index in [9.17, 15) is 14.4 Å². The van der Waals surface area contributed by atoms with Gasteiger partial charge in [0.2, 0.25) is 0 Å². The van der Waals surface area contributed by atoms with Crippen LogP contribution in [0, 0.1) is 0 Å². The molecule has 174 valence electrons. The van der Waals surface area contributed by atoms with Crippen LogP contribution in [0.5, 0.6) is 11.5 Å². The van der Waals surface area contributed by atoms with Gasteiger partial charge in [0.25, 0.3) is 11.8 Å². The van der Waals surface area contributed by atoms with Crippen LogP contribution in [-0.2, 0) is 9.59 Å². The van der Waals surface area contributed by atoms with Gasteiger partial charge in [0, 0.05) is 43.4 Å². The van der Waals surface area contributed by atoms with Crippen molar-refractivity contribution in [2.75, 3.05) is 38.1 Å². The van der Waals surface area contributed by atoms with Gasteiger partial charge in [0.15, 0.2) is 0 Å². The molecule has 3 aromatic rings. The Morgan fingerprint density at radius 3 is 2.32 bits per heavy atom. The fourth-order valence-corrected chi connectivity index (χ4v) is 3.65. The number of barbiturate groups is 1. The smallest absolute Gasteiger partial charge is 0.336 e. The molecule has 0 spiro atoms. The number of methoxy groups -OCH3 is 2. The van der Waals surface area contributed by atoms with Crippen molar-refractivity contribution in [1.29, 1.82) is 0 Å². The van der Waals surface area contributed by atoms with E-state index in [4.69, 9.17) is 9.47 Å². The van der Waals surface area contributed by atoms with Crippen molar-refractivity contribution in [3.05, 3.63) is 72.1 Å².